The standard InChI is InChI=1S/C61H41NS/c1-6-18-42(19-7-1)43-30-32-44(33-31-43)45-34-36-50(37-35-45)62(49-26-14-5-15-27-49)51-38-39-54-53(40-51)59-55(61(54,47-22-10-3-11-23-47)48-24-12-4-13-25-48)41-57-60(52-28-16-17-29-56(52)63-57)58(59)46-20-8-2-9-21-46/h1-41H. The molecule has 0 saturated heterocycles. The molecule has 1 nitrogen and oxygen atoms in total. The zero-order chi connectivity index (χ0) is 41.7. The van der Waals surface area contributed by atoms with Crippen LogP contribution in [0.4, 0.5) is 17.1 Å². The number of benzene rings is 10. The lowest BCUT2D eigenvalue weighted by atomic mass is 9.67. The van der Waals surface area contributed by atoms with Crippen LogP contribution in [0.5, 0.6) is 0 Å². The smallest absolute Gasteiger partial charge is 0.0714 e. The molecule has 2 heteroatoms. The largest absolute Gasteiger partial charge is 0.310 e. The fourth-order valence-corrected chi connectivity index (χ4v) is 11.3. The van der Waals surface area contributed by atoms with E-state index in [0.29, 0.717) is 0 Å². The summed E-state index contributed by atoms with van der Waals surface area (Å²) in [5.41, 5.74) is 17.8. The molecule has 1 heterocycles. The molecule has 0 aliphatic heterocycles. The summed E-state index contributed by atoms with van der Waals surface area (Å²) >= 11 is 1.90. The number of para-hydroxylation sites is 1. The van der Waals surface area contributed by atoms with Crippen LogP contribution < -0.4 is 4.90 Å². The van der Waals surface area contributed by atoms with Gasteiger partial charge in [-0.15, -0.1) is 11.3 Å². The maximum atomic E-state index is 2.53. The van der Waals surface area contributed by atoms with Crippen molar-refractivity contribution >= 4 is 48.6 Å². The van der Waals surface area contributed by atoms with Crippen LogP contribution in [0, 0.1) is 0 Å². The van der Waals surface area contributed by atoms with Gasteiger partial charge in [0, 0.05) is 37.2 Å². The minimum Gasteiger partial charge on any atom is -0.310 e. The molecule has 0 spiro atoms. The molecule has 12 rings (SSSR count). The Kier molecular flexibility index (Phi) is 8.98. The van der Waals surface area contributed by atoms with Gasteiger partial charge in [-0.2, -0.15) is 0 Å². The molecular formula is C61H41NS. The highest BCUT2D eigenvalue weighted by Crippen LogP contribution is 2.61. The molecule has 0 fully saturated rings. The van der Waals surface area contributed by atoms with Crippen molar-refractivity contribution in [2.45, 2.75) is 5.41 Å². The van der Waals surface area contributed by atoms with Crippen LogP contribution in [-0.4, -0.2) is 0 Å². The van der Waals surface area contributed by atoms with Gasteiger partial charge in [-0.3, -0.25) is 0 Å². The van der Waals surface area contributed by atoms with Crippen LogP contribution in [0.1, 0.15) is 22.3 Å². The first kappa shape index (κ1) is 37.0. The summed E-state index contributed by atoms with van der Waals surface area (Å²) in [7, 11) is 0. The Labute approximate surface area is 372 Å². The molecule has 10 aromatic carbocycles. The van der Waals surface area contributed by atoms with Crippen molar-refractivity contribution in [3.63, 3.8) is 0 Å². The number of rotatable bonds is 8. The lowest BCUT2D eigenvalue weighted by Crippen LogP contribution is -2.28. The van der Waals surface area contributed by atoms with Gasteiger partial charge < -0.3 is 4.90 Å². The van der Waals surface area contributed by atoms with Gasteiger partial charge >= 0.3 is 0 Å². The van der Waals surface area contributed by atoms with Crippen molar-refractivity contribution in [2.75, 3.05) is 4.90 Å². The Bertz CT molecular complexity index is 3360. The highest BCUT2D eigenvalue weighted by atomic mass is 32.1. The van der Waals surface area contributed by atoms with E-state index in [0.717, 1.165) is 17.1 Å². The number of fused-ring (bicyclic) bond motifs is 6. The zero-order valence-corrected chi connectivity index (χ0v) is 35.3. The Hall–Kier alpha value is -7.78. The second-order valence-electron chi connectivity index (χ2n) is 16.4. The molecule has 11 aromatic rings. The molecule has 0 unspecified atom stereocenters. The normalized spacial score (nSPS) is 12.6. The first-order valence-electron chi connectivity index (χ1n) is 21.7. The van der Waals surface area contributed by atoms with E-state index in [9.17, 15) is 0 Å². The van der Waals surface area contributed by atoms with Crippen LogP contribution in [0.2, 0.25) is 0 Å². The van der Waals surface area contributed by atoms with E-state index in [1.54, 1.807) is 0 Å². The van der Waals surface area contributed by atoms with Crippen LogP contribution in [0.15, 0.2) is 249 Å². The number of hydrogen-bond acceptors (Lipinski definition) is 2. The van der Waals surface area contributed by atoms with Crippen molar-refractivity contribution in [1.82, 2.24) is 0 Å². The second-order valence-corrected chi connectivity index (χ2v) is 17.5. The third-order valence-corrected chi connectivity index (χ3v) is 14.1. The first-order chi connectivity index (χ1) is 31.3. The zero-order valence-electron chi connectivity index (χ0n) is 34.5. The monoisotopic (exact) mass is 819 g/mol. The summed E-state index contributed by atoms with van der Waals surface area (Å²) in [6, 6.07) is 91.4. The Morgan fingerprint density at radius 1 is 0.317 bits per heavy atom. The highest BCUT2D eigenvalue weighted by Gasteiger charge is 2.48. The minimum absolute atomic E-state index is 0.561. The summed E-state index contributed by atoms with van der Waals surface area (Å²) < 4.78 is 2.61. The van der Waals surface area contributed by atoms with E-state index in [-0.39, 0.29) is 0 Å². The average molecular weight is 820 g/mol. The van der Waals surface area contributed by atoms with Gasteiger partial charge in [0.15, 0.2) is 0 Å². The maximum Gasteiger partial charge on any atom is 0.0714 e. The molecule has 1 aliphatic rings. The highest BCUT2D eigenvalue weighted by molar-refractivity contribution is 7.26. The van der Waals surface area contributed by atoms with Crippen LogP contribution in [-0.2, 0) is 5.41 Å². The van der Waals surface area contributed by atoms with E-state index in [1.807, 2.05) is 11.3 Å². The molecule has 0 radical (unpaired) electrons. The third-order valence-electron chi connectivity index (χ3n) is 12.9. The fraction of sp³-hybridized carbons (Fsp3) is 0.0164. The predicted molar refractivity (Wildman–Crippen MR) is 268 cm³/mol. The van der Waals surface area contributed by atoms with E-state index in [1.165, 1.54) is 86.9 Å². The molecule has 0 saturated carbocycles. The first-order valence-corrected chi connectivity index (χ1v) is 22.5. The van der Waals surface area contributed by atoms with Gasteiger partial charge in [0.05, 0.1) is 5.41 Å². The van der Waals surface area contributed by atoms with Gasteiger partial charge in [-0.1, -0.05) is 200 Å². The molecular weight excluding hydrogens is 779 g/mol. The summed E-state index contributed by atoms with van der Waals surface area (Å²) in [6.07, 6.45) is 0. The molecule has 63 heavy (non-hydrogen) atoms. The van der Waals surface area contributed by atoms with Crippen molar-refractivity contribution in [1.29, 1.82) is 0 Å². The topological polar surface area (TPSA) is 3.24 Å². The summed E-state index contributed by atoms with van der Waals surface area (Å²) in [4.78, 5) is 2.41. The van der Waals surface area contributed by atoms with Gasteiger partial charge in [-0.25, -0.2) is 0 Å². The van der Waals surface area contributed by atoms with Crippen LogP contribution in [0.3, 0.4) is 0 Å². The van der Waals surface area contributed by atoms with Crippen LogP contribution in [0.25, 0.3) is 64.7 Å². The van der Waals surface area contributed by atoms with Crippen molar-refractivity contribution in [3.8, 4) is 44.5 Å². The minimum atomic E-state index is -0.561. The van der Waals surface area contributed by atoms with Crippen molar-refractivity contribution in [3.05, 3.63) is 271 Å². The SMILES string of the molecule is c1ccc(-c2ccc(-c3ccc(N(c4ccccc4)c4ccc5c(c4)-c4c(cc6sc7ccccc7c6c4-c4ccccc4)C5(c4ccccc4)c4ccccc4)cc3)cc2)cc1. The second kappa shape index (κ2) is 15.3. The van der Waals surface area contributed by atoms with E-state index < -0.39 is 5.41 Å². The number of hydrogen-bond donors (Lipinski definition) is 0. The molecule has 0 atom stereocenters. The van der Waals surface area contributed by atoms with Gasteiger partial charge in [0.2, 0.25) is 0 Å². The molecule has 0 N–H and O–H groups in total. The molecule has 1 aromatic heterocycles. The van der Waals surface area contributed by atoms with Gasteiger partial charge in [-0.05, 0) is 115 Å². The van der Waals surface area contributed by atoms with Gasteiger partial charge in [0.1, 0.15) is 0 Å². The predicted octanol–water partition coefficient (Wildman–Crippen LogP) is 16.9. The van der Waals surface area contributed by atoms with E-state index in [4.69, 9.17) is 0 Å². The number of thiophene rings is 1. The lowest BCUT2D eigenvalue weighted by molar-refractivity contribution is 0.770. The Balaban J connectivity index is 1.10. The van der Waals surface area contributed by atoms with Crippen molar-refractivity contribution in [2.24, 2.45) is 0 Å². The van der Waals surface area contributed by atoms with E-state index in [2.05, 4.69) is 254 Å². The Morgan fingerprint density at radius 3 is 1.38 bits per heavy atom. The summed E-state index contributed by atoms with van der Waals surface area (Å²) in [5.74, 6) is 0. The van der Waals surface area contributed by atoms with Crippen molar-refractivity contribution < 1.29 is 0 Å². The fourth-order valence-electron chi connectivity index (χ4n) is 10.2. The Morgan fingerprint density at radius 2 is 0.778 bits per heavy atom. The summed E-state index contributed by atoms with van der Waals surface area (Å²) in [5, 5.41) is 2.62. The maximum absolute atomic E-state index is 2.53. The summed E-state index contributed by atoms with van der Waals surface area (Å²) in [6.45, 7) is 0. The number of nitrogens with zero attached hydrogens (tertiary/aromatic N) is 1. The van der Waals surface area contributed by atoms with E-state index >= 15 is 0 Å². The quantitative estimate of drug-likeness (QED) is 0.148. The molecule has 296 valence electrons. The molecule has 0 bridgehead atoms. The number of anilines is 3. The average Bonchev–Trinajstić information content (AvgIpc) is 3.88. The van der Waals surface area contributed by atoms with Crippen LogP contribution >= 0.6 is 11.3 Å². The third kappa shape index (κ3) is 6.06. The molecule has 1 aliphatic carbocycles. The molecule has 0 amide bonds. The van der Waals surface area contributed by atoms with Gasteiger partial charge in [0.25, 0.3) is 0 Å². The lowest BCUT2D eigenvalue weighted by Gasteiger charge is -2.34.